The molecule has 35 heavy (non-hydrogen) atoms. The zero-order chi connectivity index (χ0) is 24.4. The summed E-state index contributed by atoms with van der Waals surface area (Å²) in [4.78, 5) is 37.3. The van der Waals surface area contributed by atoms with E-state index in [9.17, 15) is 18.4 Å². The maximum Gasteiger partial charge on any atom is 0.263 e. The molecule has 0 spiro atoms. The number of H-pyrrole nitrogens is 1. The number of hydrogen-bond acceptors (Lipinski definition) is 4. The van der Waals surface area contributed by atoms with E-state index in [0.29, 0.717) is 11.3 Å². The summed E-state index contributed by atoms with van der Waals surface area (Å²) in [6, 6.07) is 14.0. The minimum atomic E-state index is -0.997. The molecule has 1 aromatic carbocycles. The Morgan fingerprint density at radius 1 is 1.00 bits per heavy atom. The third-order valence-electron chi connectivity index (χ3n) is 5.61. The first kappa shape index (κ1) is 22.1. The lowest BCUT2D eigenvalue weighted by Crippen LogP contribution is -2.32. The lowest BCUT2D eigenvalue weighted by Gasteiger charge is -2.10. The number of benzene rings is 1. The van der Waals surface area contributed by atoms with Gasteiger partial charge in [0.05, 0.1) is 18.8 Å². The van der Waals surface area contributed by atoms with Gasteiger partial charge in [-0.25, -0.2) is 13.8 Å². The number of amides is 1. The Kier molecular flexibility index (Phi) is 5.88. The van der Waals surface area contributed by atoms with Crippen molar-refractivity contribution in [2.45, 2.75) is 13.1 Å². The highest BCUT2D eigenvalue weighted by Crippen LogP contribution is 2.27. The summed E-state index contributed by atoms with van der Waals surface area (Å²) in [7, 11) is 0. The molecule has 0 aliphatic carbocycles. The number of aromatic nitrogens is 4. The highest BCUT2D eigenvalue weighted by Gasteiger charge is 2.14. The zero-order valence-corrected chi connectivity index (χ0v) is 18.3. The highest BCUT2D eigenvalue weighted by atomic mass is 19.2. The van der Waals surface area contributed by atoms with Gasteiger partial charge in [0.25, 0.3) is 11.5 Å². The number of fused-ring (bicyclic) bond motifs is 1. The van der Waals surface area contributed by atoms with Crippen LogP contribution in [0, 0.1) is 11.6 Å². The summed E-state index contributed by atoms with van der Waals surface area (Å²) in [6.45, 7) is 0.116. The summed E-state index contributed by atoms with van der Waals surface area (Å²) >= 11 is 0. The van der Waals surface area contributed by atoms with Gasteiger partial charge < -0.3 is 14.9 Å². The Hall–Kier alpha value is -4.66. The van der Waals surface area contributed by atoms with Gasteiger partial charge in [0.2, 0.25) is 0 Å². The van der Waals surface area contributed by atoms with Crippen LogP contribution in [0.5, 0.6) is 0 Å². The summed E-state index contributed by atoms with van der Waals surface area (Å²) in [5.41, 5.74) is 3.07. The number of carbonyl (C=O) groups excluding carboxylic acids is 1. The second kappa shape index (κ2) is 9.30. The number of rotatable bonds is 6. The van der Waals surface area contributed by atoms with Gasteiger partial charge in [0.15, 0.2) is 11.6 Å². The van der Waals surface area contributed by atoms with E-state index in [2.05, 4.69) is 20.3 Å². The fourth-order valence-electron chi connectivity index (χ4n) is 3.87. The minimum Gasteiger partial charge on any atom is -0.346 e. The number of aromatic amines is 1. The van der Waals surface area contributed by atoms with Gasteiger partial charge in [-0.3, -0.25) is 14.6 Å². The van der Waals surface area contributed by atoms with Crippen LogP contribution < -0.4 is 10.9 Å². The van der Waals surface area contributed by atoms with Crippen molar-refractivity contribution in [1.82, 2.24) is 24.8 Å². The monoisotopic (exact) mass is 471 g/mol. The van der Waals surface area contributed by atoms with Crippen LogP contribution in [0.2, 0.25) is 0 Å². The number of pyridine rings is 3. The second-order valence-corrected chi connectivity index (χ2v) is 7.92. The highest BCUT2D eigenvalue weighted by molar-refractivity contribution is 5.94. The van der Waals surface area contributed by atoms with Gasteiger partial charge in [0, 0.05) is 35.7 Å². The van der Waals surface area contributed by atoms with E-state index >= 15 is 0 Å². The van der Waals surface area contributed by atoms with Gasteiger partial charge in [-0.1, -0.05) is 6.07 Å². The van der Waals surface area contributed by atoms with Crippen LogP contribution in [0.25, 0.3) is 22.2 Å². The minimum absolute atomic E-state index is 0.000231. The molecular formula is C26H19F2N5O2. The van der Waals surface area contributed by atoms with E-state index in [1.165, 1.54) is 22.9 Å². The van der Waals surface area contributed by atoms with Crippen molar-refractivity contribution in [2.75, 3.05) is 0 Å². The van der Waals surface area contributed by atoms with Crippen molar-refractivity contribution in [3.8, 4) is 11.1 Å². The maximum absolute atomic E-state index is 13.5. The van der Waals surface area contributed by atoms with Crippen LogP contribution in [0.15, 0.2) is 84.2 Å². The molecule has 174 valence electrons. The molecule has 2 N–H and O–H groups in total. The number of halogens is 2. The van der Waals surface area contributed by atoms with E-state index in [0.717, 1.165) is 34.3 Å². The fraction of sp³-hybridized carbons (Fsp3) is 0.0769. The Morgan fingerprint density at radius 2 is 1.89 bits per heavy atom. The molecule has 0 aliphatic rings. The first-order valence-electron chi connectivity index (χ1n) is 10.8. The van der Waals surface area contributed by atoms with E-state index in [4.69, 9.17) is 0 Å². The first-order valence-corrected chi connectivity index (χ1v) is 10.8. The third-order valence-corrected chi connectivity index (χ3v) is 5.61. The van der Waals surface area contributed by atoms with E-state index in [-0.39, 0.29) is 18.7 Å². The molecule has 5 aromatic rings. The molecule has 5 rings (SSSR count). The van der Waals surface area contributed by atoms with Crippen LogP contribution in [-0.2, 0) is 13.1 Å². The Bertz CT molecular complexity index is 1610. The number of nitrogens with zero attached hydrogens (tertiary/aromatic N) is 3. The van der Waals surface area contributed by atoms with Crippen molar-refractivity contribution < 1.29 is 13.6 Å². The van der Waals surface area contributed by atoms with Crippen molar-refractivity contribution in [1.29, 1.82) is 0 Å². The molecule has 0 saturated heterocycles. The molecule has 0 aliphatic heterocycles. The van der Waals surface area contributed by atoms with E-state index < -0.39 is 23.1 Å². The van der Waals surface area contributed by atoms with Crippen LogP contribution in [0.4, 0.5) is 8.78 Å². The lowest BCUT2D eigenvalue weighted by atomic mass is 10.1. The van der Waals surface area contributed by atoms with Crippen LogP contribution >= 0.6 is 0 Å². The van der Waals surface area contributed by atoms with Crippen LogP contribution in [0.1, 0.15) is 21.6 Å². The van der Waals surface area contributed by atoms with Crippen LogP contribution in [-0.4, -0.2) is 25.4 Å². The number of nitrogens with one attached hydrogen (secondary N) is 2. The molecule has 4 heterocycles. The Morgan fingerprint density at radius 3 is 2.74 bits per heavy atom. The van der Waals surface area contributed by atoms with Crippen molar-refractivity contribution in [2.24, 2.45) is 0 Å². The summed E-state index contributed by atoms with van der Waals surface area (Å²) in [5.74, 6) is -2.52. The van der Waals surface area contributed by atoms with Crippen molar-refractivity contribution >= 4 is 16.9 Å². The van der Waals surface area contributed by atoms with Gasteiger partial charge in [-0.05, 0) is 59.7 Å². The normalized spacial score (nSPS) is 11.0. The van der Waals surface area contributed by atoms with Gasteiger partial charge in [-0.15, -0.1) is 0 Å². The SMILES string of the molecule is O=C(NCc1cc(-c2c[nH]c3ncccc23)ccn1)c1cccn(Cc2ccc(F)c(F)c2)c1=O. The fourth-order valence-corrected chi connectivity index (χ4v) is 3.87. The van der Waals surface area contributed by atoms with Crippen molar-refractivity contribution in [3.63, 3.8) is 0 Å². The average Bonchev–Trinajstić information content (AvgIpc) is 3.30. The molecule has 4 aromatic heterocycles. The summed E-state index contributed by atoms with van der Waals surface area (Å²) in [5, 5.41) is 3.70. The van der Waals surface area contributed by atoms with Gasteiger partial charge in [-0.2, -0.15) is 0 Å². The van der Waals surface area contributed by atoms with Crippen molar-refractivity contribution in [3.05, 3.63) is 118 Å². The maximum atomic E-state index is 13.5. The molecule has 0 saturated carbocycles. The number of carbonyl (C=O) groups is 1. The van der Waals surface area contributed by atoms with E-state index in [1.54, 1.807) is 18.5 Å². The second-order valence-electron chi connectivity index (χ2n) is 7.92. The molecule has 9 heteroatoms. The zero-order valence-electron chi connectivity index (χ0n) is 18.3. The van der Waals surface area contributed by atoms with Gasteiger partial charge in [0.1, 0.15) is 11.2 Å². The Balaban J connectivity index is 1.32. The summed E-state index contributed by atoms with van der Waals surface area (Å²) < 4.78 is 28.0. The summed E-state index contributed by atoms with van der Waals surface area (Å²) in [6.07, 6.45) is 6.73. The largest absolute Gasteiger partial charge is 0.346 e. The molecule has 0 radical (unpaired) electrons. The molecule has 0 unspecified atom stereocenters. The Labute approximate surface area is 198 Å². The average molecular weight is 471 g/mol. The molecule has 7 nitrogen and oxygen atoms in total. The third kappa shape index (κ3) is 4.56. The smallest absolute Gasteiger partial charge is 0.263 e. The quantitative estimate of drug-likeness (QED) is 0.391. The van der Waals surface area contributed by atoms with Gasteiger partial charge >= 0.3 is 0 Å². The predicted molar refractivity (Wildman–Crippen MR) is 127 cm³/mol. The molecule has 0 bridgehead atoms. The first-order chi connectivity index (χ1) is 17.0. The lowest BCUT2D eigenvalue weighted by molar-refractivity contribution is 0.0948. The standard InChI is InChI=1S/C26H19F2N5O2/c27-22-6-5-16(11-23(22)28)15-33-10-2-4-20(26(33)35)25(34)32-13-18-12-17(7-9-29-18)21-14-31-24-19(21)3-1-8-30-24/h1-12,14H,13,15H2,(H,30,31)(H,32,34). The molecule has 0 fully saturated rings. The number of hydrogen-bond donors (Lipinski definition) is 2. The van der Waals surface area contributed by atoms with Crippen LogP contribution in [0.3, 0.4) is 0 Å². The van der Waals surface area contributed by atoms with E-state index in [1.807, 2.05) is 30.5 Å². The predicted octanol–water partition coefficient (Wildman–Crippen LogP) is 4.04. The topological polar surface area (TPSA) is 92.7 Å². The molecule has 0 atom stereocenters. The molecular weight excluding hydrogens is 452 g/mol. The molecule has 1 amide bonds.